The summed E-state index contributed by atoms with van der Waals surface area (Å²) in [4.78, 5) is 18.7. The second-order valence-corrected chi connectivity index (χ2v) is 9.25. The molecule has 160 valence electrons. The number of imidazole rings is 1. The number of hydrogen-bond acceptors (Lipinski definition) is 5. The maximum atomic E-state index is 12.9. The third-order valence-corrected chi connectivity index (χ3v) is 6.94. The van der Waals surface area contributed by atoms with Crippen molar-refractivity contribution in [2.45, 2.75) is 17.7 Å². The summed E-state index contributed by atoms with van der Waals surface area (Å²) in [6.45, 7) is 1.21. The Morgan fingerprint density at radius 1 is 1.23 bits per heavy atom. The van der Waals surface area contributed by atoms with Gasteiger partial charge in [-0.3, -0.25) is 4.79 Å². The van der Waals surface area contributed by atoms with Crippen LogP contribution in [-0.2, 0) is 16.1 Å². The van der Waals surface area contributed by atoms with E-state index in [2.05, 4.69) is 9.88 Å². The summed E-state index contributed by atoms with van der Waals surface area (Å²) in [6.07, 6.45) is 0. The van der Waals surface area contributed by atoms with E-state index in [-0.39, 0.29) is 17.7 Å². The van der Waals surface area contributed by atoms with Gasteiger partial charge in [0.15, 0.2) is 5.16 Å². The quantitative estimate of drug-likeness (QED) is 0.332. The molecule has 4 aromatic rings. The number of aromatic nitrogens is 2. The maximum Gasteiger partial charge on any atom is 0.231 e. The van der Waals surface area contributed by atoms with Crippen LogP contribution in [0.15, 0.2) is 71.2 Å². The molecule has 0 saturated carbocycles. The van der Waals surface area contributed by atoms with Crippen molar-refractivity contribution < 1.29 is 9.53 Å². The largest absolute Gasteiger partial charge is 0.383 e. The van der Waals surface area contributed by atoms with Crippen molar-refractivity contribution in [1.29, 1.82) is 0 Å². The fourth-order valence-corrected chi connectivity index (χ4v) is 5.16. The SMILES string of the molecule is COCCn1c(SCC(=O)NC(c2ccccc2)c2cccs2)nc2cc(Cl)ccc21. The first-order valence-corrected chi connectivity index (χ1v) is 12.1. The van der Waals surface area contributed by atoms with Gasteiger partial charge in [-0.2, -0.15) is 0 Å². The van der Waals surface area contributed by atoms with Crippen molar-refractivity contribution in [3.05, 3.63) is 81.5 Å². The molecule has 0 aliphatic rings. The molecule has 31 heavy (non-hydrogen) atoms. The highest BCUT2D eigenvalue weighted by atomic mass is 35.5. The molecule has 0 fully saturated rings. The molecule has 2 aromatic heterocycles. The highest BCUT2D eigenvalue weighted by Gasteiger charge is 2.19. The lowest BCUT2D eigenvalue weighted by molar-refractivity contribution is -0.119. The van der Waals surface area contributed by atoms with Crippen molar-refractivity contribution in [1.82, 2.24) is 14.9 Å². The van der Waals surface area contributed by atoms with E-state index in [0.717, 1.165) is 26.6 Å². The summed E-state index contributed by atoms with van der Waals surface area (Å²) in [6, 6.07) is 19.5. The van der Waals surface area contributed by atoms with E-state index in [9.17, 15) is 4.79 Å². The summed E-state index contributed by atoms with van der Waals surface area (Å²) in [5.41, 5.74) is 2.85. The van der Waals surface area contributed by atoms with E-state index in [1.807, 2.05) is 66.0 Å². The van der Waals surface area contributed by atoms with E-state index in [1.165, 1.54) is 11.8 Å². The van der Waals surface area contributed by atoms with Gasteiger partial charge in [-0.05, 0) is 35.2 Å². The van der Waals surface area contributed by atoms with E-state index >= 15 is 0 Å². The zero-order valence-corrected chi connectivity index (χ0v) is 19.3. The van der Waals surface area contributed by atoms with Gasteiger partial charge < -0.3 is 14.6 Å². The average molecular weight is 472 g/mol. The maximum absolute atomic E-state index is 12.9. The van der Waals surface area contributed by atoms with Crippen molar-refractivity contribution in [3.8, 4) is 0 Å². The number of amides is 1. The van der Waals surface area contributed by atoms with Crippen molar-refractivity contribution in [2.24, 2.45) is 0 Å². The second-order valence-electron chi connectivity index (χ2n) is 6.89. The number of halogens is 1. The lowest BCUT2D eigenvalue weighted by Crippen LogP contribution is -2.30. The van der Waals surface area contributed by atoms with Crippen molar-refractivity contribution >= 4 is 51.6 Å². The molecule has 1 N–H and O–H groups in total. The van der Waals surface area contributed by atoms with Gasteiger partial charge in [0.25, 0.3) is 0 Å². The number of rotatable bonds is 9. The van der Waals surface area contributed by atoms with Crippen LogP contribution in [0.25, 0.3) is 11.0 Å². The molecule has 0 bridgehead atoms. The molecule has 1 atom stereocenters. The molecule has 2 heterocycles. The molecular formula is C23H22ClN3O2S2. The Balaban J connectivity index is 1.50. The summed E-state index contributed by atoms with van der Waals surface area (Å²) >= 11 is 9.18. The van der Waals surface area contributed by atoms with Gasteiger partial charge in [0.05, 0.1) is 29.4 Å². The molecule has 1 unspecified atom stereocenters. The number of methoxy groups -OCH3 is 1. The minimum atomic E-state index is -0.166. The Hall–Kier alpha value is -2.32. The predicted molar refractivity (Wildman–Crippen MR) is 128 cm³/mol. The number of benzene rings is 2. The van der Waals surface area contributed by atoms with Gasteiger partial charge in [-0.1, -0.05) is 59.8 Å². The molecule has 0 aliphatic heterocycles. The van der Waals surface area contributed by atoms with E-state index in [0.29, 0.717) is 18.2 Å². The summed E-state index contributed by atoms with van der Waals surface area (Å²) in [5, 5.41) is 6.62. The lowest BCUT2D eigenvalue weighted by atomic mass is 10.1. The van der Waals surface area contributed by atoms with E-state index in [1.54, 1.807) is 18.4 Å². The summed E-state index contributed by atoms with van der Waals surface area (Å²) < 4.78 is 7.32. The van der Waals surface area contributed by atoms with Crippen LogP contribution >= 0.6 is 34.7 Å². The zero-order valence-electron chi connectivity index (χ0n) is 17.0. The van der Waals surface area contributed by atoms with Crippen LogP contribution in [0, 0.1) is 0 Å². The normalized spacial score (nSPS) is 12.2. The third-order valence-electron chi connectivity index (χ3n) is 4.79. The lowest BCUT2D eigenvalue weighted by Gasteiger charge is -2.18. The van der Waals surface area contributed by atoms with Gasteiger partial charge >= 0.3 is 0 Å². The zero-order chi connectivity index (χ0) is 21.6. The summed E-state index contributed by atoms with van der Waals surface area (Å²) in [7, 11) is 1.67. The summed E-state index contributed by atoms with van der Waals surface area (Å²) in [5.74, 6) is 0.217. The Morgan fingerprint density at radius 3 is 2.81 bits per heavy atom. The second kappa shape index (κ2) is 10.3. The smallest absolute Gasteiger partial charge is 0.231 e. The minimum Gasteiger partial charge on any atom is -0.383 e. The van der Waals surface area contributed by atoms with Gasteiger partial charge in [0.2, 0.25) is 5.91 Å². The van der Waals surface area contributed by atoms with E-state index in [4.69, 9.17) is 21.3 Å². The standard InChI is InChI=1S/C23H22ClN3O2S2/c1-29-12-11-27-19-10-9-17(24)14-18(19)25-23(27)31-15-21(28)26-22(20-8-5-13-30-20)16-6-3-2-4-7-16/h2-10,13-14,22H,11-12,15H2,1H3,(H,26,28). The third kappa shape index (κ3) is 5.30. The van der Waals surface area contributed by atoms with Crippen LogP contribution in [0.1, 0.15) is 16.5 Å². The van der Waals surface area contributed by atoms with Crippen LogP contribution in [0.4, 0.5) is 0 Å². The molecule has 8 heteroatoms. The molecule has 4 rings (SSSR count). The number of ether oxygens (including phenoxy) is 1. The Kier molecular flexibility index (Phi) is 7.29. The fourth-order valence-electron chi connectivity index (χ4n) is 3.34. The Labute approximate surface area is 194 Å². The van der Waals surface area contributed by atoms with Gasteiger partial charge in [0, 0.05) is 23.6 Å². The Bertz CT molecular complexity index is 1150. The van der Waals surface area contributed by atoms with Crippen molar-refractivity contribution in [2.75, 3.05) is 19.5 Å². The number of thiophene rings is 1. The van der Waals surface area contributed by atoms with Crippen LogP contribution in [0.2, 0.25) is 5.02 Å². The first kappa shape index (κ1) is 21.9. The van der Waals surface area contributed by atoms with Crippen LogP contribution in [0.5, 0.6) is 0 Å². The molecular weight excluding hydrogens is 450 g/mol. The predicted octanol–water partition coefficient (Wildman–Crippen LogP) is 5.40. The van der Waals surface area contributed by atoms with Crippen LogP contribution < -0.4 is 5.32 Å². The molecule has 1 amide bonds. The monoisotopic (exact) mass is 471 g/mol. The molecule has 2 aromatic carbocycles. The highest BCUT2D eigenvalue weighted by molar-refractivity contribution is 7.99. The number of hydrogen-bond donors (Lipinski definition) is 1. The number of carbonyl (C=O) groups excluding carboxylic acids is 1. The fraction of sp³-hybridized carbons (Fsp3) is 0.217. The highest BCUT2D eigenvalue weighted by Crippen LogP contribution is 2.28. The first-order chi connectivity index (χ1) is 15.2. The molecule has 0 aliphatic carbocycles. The first-order valence-electron chi connectivity index (χ1n) is 9.81. The number of fused-ring (bicyclic) bond motifs is 1. The number of nitrogens with one attached hydrogen (secondary N) is 1. The molecule has 0 radical (unpaired) electrons. The number of thioether (sulfide) groups is 1. The van der Waals surface area contributed by atoms with Gasteiger partial charge in [0.1, 0.15) is 0 Å². The van der Waals surface area contributed by atoms with Gasteiger partial charge in [-0.25, -0.2) is 4.98 Å². The molecule has 0 saturated heterocycles. The number of carbonyl (C=O) groups is 1. The average Bonchev–Trinajstić information content (AvgIpc) is 3.43. The molecule has 5 nitrogen and oxygen atoms in total. The minimum absolute atomic E-state index is 0.0457. The van der Waals surface area contributed by atoms with Crippen LogP contribution in [0.3, 0.4) is 0 Å². The topological polar surface area (TPSA) is 56.1 Å². The molecule has 0 spiro atoms. The van der Waals surface area contributed by atoms with Crippen LogP contribution in [-0.4, -0.2) is 34.9 Å². The van der Waals surface area contributed by atoms with Gasteiger partial charge in [-0.15, -0.1) is 11.3 Å². The van der Waals surface area contributed by atoms with Crippen molar-refractivity contribution in [3.63, 3.8) is 0 Å². The number of nitrogens with zero attached hydrogens (tertiary/aromatic N) is 2. The Morgan fingerprint density at radius 2 is 2.06 bits per heavy atom. The van der Waals surface area contributed by atoms with E-state index < -0.39 is 0 Å².